The fraction of sp³-hybridized carbons (Fsp3) is 0.235. The molecule has 0 spiro atoms. The fourth-order valence-electron chi connectivity index (χ4n) is 2.43. The molecule has 4 nitrogen and oxygen atoms in total. The van der Waals surface area contributed by atoms with E-state index in [1.165, 1.54) is 0 Å². The van der Waals surface area contributed by atoms with Gasteiger partial charge in [0.05, 0.1) is 0 Å². The fourth-order valence-corrected chi connectivity index (χ4v) is 2.43. The Morgan fingerprint density at radius 1 is 1.19 bits per heavy atom. The second-order valence-corrected chi connectivity index (χ2v) is 5.13. The molecule has 0 saturated carbocycles. The number of ether oxygens (including phenoxy) is 1. The largest absolute Gasteiger partial charge is 0.508 e. The van der Waals surface area contributed by atoms with Gasteiger partial charge in [-0.1, -0.05) is 30.3 Å². The van der Waals surface area contributed by atoms with Gasteiger partial charge in [0.25, 0.3) is 5.91 Å². The van der Waals surface area contributed by atoms with E-state index in [9.17, 15) is 9.90 Å². The first-order chi connectivity index (χ1) is 10.2. The van der Waals surface area contributed by atoms with Crippen LogP contribution in [0.1, 0.15) is 11.1 Å². The molecule has 0 aromatic heterocycles. The van der Waals surface area contributed by atoms with E-state index in [4.69, 9.17) is 4.74 Å². The molecule has 1 atom stereocenters. The number of carbonyl (C=O) groups excluding carboxylic acids is 1. The smallest absolute Gasteiger partial charge is 0.261 e. The van der Waals surface area contributed by atoms with Gasteiger partial charge in [0.2, 0.25) is 0 Å². The van der Waals surface area contributed by atoms with Crippen molar-refractivity contribution in [2.45, 2.75) is 18.9 Å². The summed E-state index contributed by atoms with van der Waals surface area (Å²) in [6.45, 7) is 0.555. The summed E-state index contributed by atoms with van der Waals surface area (Å²) in [4.78, 5) is 12.1. The van der Waals surface area contributed by atoms with Gasteiger partial charge in [-0.2, -0.15) is 0 Å². The minimum Gasteiger partial charge on any atom is -0.508 e. The van der Waals surface area contributed by atoms with Crippen molar-refractivity contribution in [3.8, 4) is 11.5 Å². The SMILES string of the molecule is O=C(NCCc1ccc(O)cc1)C1Cc2ccccc2O1. The highest BCUT2D eigenvalue weighted by atomic mass is 16.5. The molecule has 0 radical (unpaired) electrons. The quantitative estimate of drug-likeness (QED) is 0.903. The van der Waals surface area contributed by atoms with Crippen molar-refractivity contribution in [1.82, 2.24) is 5.32 Å². The Hall–Kier alpha value is -2.49. The summed E-state index contributed by atoms with van der Waals surface area (Å²) in [6, 6.07) is 14.7. The van der Waals surface area contributed by atoms with Crippen molar-refractivity contribution in [3.63, 3.8) is 0 Å². The lowest BCUT2D eigenvalue weighted by atomic mass is 10.1. The molecule has 108 valence electrons. The van der Waals surface area contributed by atoms with Crippen LogP contribution < -0.4 is 10.1 Å². The van der Waals surface area contributed by atoms with E-state index in [0.717, 1.165) is 23.3 Å². The number of rotatable bonds is 4. The summed E-state index contributed by atoms with van der Waals surface area (Å²) in [5.74, 6) is 0.973. The van der Waals surface area contributed by atoms with Crippen LogP contribution >= 0.6 is 0 Å². The molecule has 0 bridgehead atoms. The lowest BCUT2D eigenvalue weighted by Crippen LogP contribution is -2.38. The molecule has 21 heavy (non-hydrogen) atoms. The third-order valence-corrected chi connectivity index (χ3v) is 3.59. The Labute approximate surface area is 123 Å². The summed E-state index contributed by atoms with van der Waals surface area (Å²) in [5.41, 5.74) is 2.15. The number of para-hydroxylation sites is 1. The highest BCUT2D eigenvalue weighted by molar-refractivity contribution is 5.82. The number of nitrogens with one attached hydrogen (secondary N) is 1. The van der Waals surface area contributed by atoms with Crippen molar-refractivity contribution in [2.24, 2.45) is 0 Å². The second-order valence-electron chi connectivity index (χ2n) is 5.13. The number of fused-ring (bicyclic) bond motifs is 1. The van der Waals surface area contributed by atoms with Gasteiger partial charge >= 0.3 is 0 Å². The lowest BCUT2D eigenvalue weighted by molar-refractivity contribution is -0.127. The minimum atomic E-state index is -0.429. The number of benzene rings is 2. The standard InChI is InChI=1S/C17H17NO3/c19-14-7-5-12(6-8-14)9-10-18-17(20)16-11-13-3-1-2-4-15(13)21-16/h1-8,16,19H,9-11H2,(H,18,20). The van der Waals surface area contributed by atoms with Gasteiger partial charge in [0.15, 0.2) is 6.10 Å². The first-order valence-electron chi connectivity index (χ1n) is 7.02. The van der Waals surface area contributed by atoms with E-state index in [0.29, 0.717) is 13.0 Å². The van der Waals surface area contributed by atoms with Crippen molar-refractivity contribution in [3.05, 3.63) is 59.7 Å². The van der Waals surface area contributed by atoms with Gasteiger partial charge in [-0.3, -0.25) is 4.79 Å². The van der Waals surface area contributed by atoms with Crippen LogP contribution in [0.2, 0.25) is 0 Å². The van der Waals surface area contributed by atoms with E-state index in [2.05, 4.69) is 5.32 Å². The number of amides is 1. The predicted octanol–water partition coefficient (Wildman–Crippen LogP) is 2.05. The summed E-state index contributed by atoms with van der Waals surface area (Å²) in [6.07, 6.45) is 0.926. The van der Waals surface area contributed by atoms with Gasteiger partial charge in [-0.25, -0.2) is 0 Å². The summed E-state index contributed by atoms with van der Waals surface area (Å²) in [5, 5.41) is 12.1. The van der Waals surface area contributed by atoms with Gasteiger partial charge in [0, 0.05) is 13.0 Å². The van der Waals surface area contributed by atoms with Gasteiger partial charge < -0.3 is 15.2 Å². The van der Waals surface area contributed by atoms with Crippen LogP contribution in [0.15, 0.2) is 48.5 Å². The Bertz CT molecular complexity index is 612. The number of phenols is 1. The molecular weight excluding hydrogens is 266 g/mol. The van der Waals surface area contributed by atoms with E-state index in [1.807, 2.05) is 36.4 Å². The zero-order valence-corrected chi connectivity index (χ0v) is 11.6. The molecule has 1 amide bonds. The third kappa shape index (κ3) is 3.16. The number of phenolic OH excluding ortho intramolecular Hbond substituents is 1. The van der Waals surface area contributed by atoms with Crippen molar-refractivity contribution in [2.75, 3.05) is 6.54 Å². The van der Waals surface area contributed by atoms with Crippen LogP contribution in [-0.2, 0) is 17.6 Å². The average molecular weight is 283 g/mol. The summed E-state index contributed by atoms with van der Waals surface area (Å²) >= 11 is 0. The minimum absolute atomic E-state index is 0.0787. The molecule has 1 aliphatic rings. The second kappa shape index (κ2) is 5.87. The third-order valence-electron chi connectivity index (χ3n) is 3.59. The highest BCUT2D eigenvalue weighted by Gasteiger charge is 2.28. The maximum Gasteiger partial charge on any atom is 0.261 e. The molecule has 1 heterocycles. The molecule has 3 rings (SSSR count). The molecule has 0 aliphatic carbocycles. The summed E-state index contributed by atoms with van der Waals surface area (Å²) < 4.78 is 5.64. The molecule has 0 fully saturated rings. The number of carbonyl (C=O) groups is 1. The van der Waals surface area contributed by atoms with E-state index >= 15 is 0 Å². The molecule has 0 saturated heterocycles. The first-order valence-corrected chi connectivity index (χ1v) is 7.02. The van der Waals surface area contributed by atoms with E-state index in [-0.39, 0.29) is 11.7 Å². The average Bonchev–Trinajstić information content (AvgIpc) is 2.93. The van der Waals surface area contributed by atoms with Crippen LogP contribution in [0.4, 0.5) is 0 Å². The Balaban J connectivity index is 1.48. The lowest BCUT2D eigenvalue weighted by Gasteiger charge is -2.11. The Kier molecular flexibility index (Phi) is 3.77. The predicted molar refractivity (Wildman–Crippen MR) is 79.4 cm³/mol. The molecule has 4 heteroatoms. The number of hydrogen-bond acceptors (Lipinski definition) is 3. The van der Waals surface area contributed by atoms with Gasteiger partial charge in [-0.15, -0.1) is 0 Å². The topological polar surface area (TPSA) is 58.6 Å². The Morgan fingerprint density at radius 3 is 2.71 bits per heavy atom. The monoisotopic (exact) mass is 283 g/mol. The van der Waals surface area contributed by atoms with Crippen molar-refractivity contribution in [1.29, 1.82) is 0 Å². The van der Waals surface area contributed by atoms with Gasteiger partial charge in [-0.05, 0) is 35.7 Å². The number of hydrogen-bond donors (Lipinski definition) is 2. The summed E-state index contributed by atoms with van der Waals surface area (Å²) in [7, 11) is 0. The molecular formula is C17H17NO3. The maximum atomic E-state index is 12.1. The molecule has 2 N–H and O–H groups in total. The normalized spacial score (nSPS) is 16.1. The van der Waals surface area contributed by atoms with Crippen molar-refractivity contribution < 1.29 is 14.6 Å². The van der Waals surface area contributed by atoms with Crippen LogP contribution in [0.5, 0.6) is 11.5 Å². The molecule has 1 aliphatic heterocycles. The van der Waals surface area contributed by atoms with Crippen molar-refractivity contribution >= 4 is 5.91 Å². The van der Waals surface area contributed by atoms with Crippen LogP contribution in [0, 0.1) is 0 Å². The van der Waals surface area contributed by atoms with Crippen LogP contribution in [-0.4, -0.2) is 23.7 Å². The highest BCUT2D eigenvalue weighted by Crippen LogP contribution is 2.28. The number of aromatic hydroxyl groups is 1. The van der Waals surface area contributed by atoms with E-state index < -0.39 is 6.10 Å². The Morgan fingerprint density at radius 2 is 1.95 bits per heavy atom. The van der Waals surface area contributed by atoms with Crippen LogP contribution in [0.25, 0.3) is 0 Å². The first kappa shape index (κ1) is 13.5. The molecule has 2 aromatic carbocycles. The van der Waals surface area contributed by atoms with E-state index in [1.54, 1.807) is 12.1 Å². The van der Waals surface area contributed by atoms with Crippen LogP contribution in [0.3, 0.4) is 0 Å². The zero-order valence-electron chi connectivity index (χ0n) is 11.6. The zero-order chi connectivity index (χ0) is 14.7. The van der Waals surface area contributed by atoms with Gasteiger partial charge in [0.1, 0.15) is 11.5 Å². The maximum absolute atomic E-state index is 12.1. The molecule has 1 unspecified atom stereocenters. The molecule has 2 aromatic rings.